The van der Waals surface area contributed by atoms with Gasteiger partial charge in [0.2, 0.25) is 0 Å². The van der Waals surface area contributed by atoms with Crippen LogP contribution in [0.1, 0.15) is 0 Å². The van der Waals surface area contributed by atoms with Gasteiger partial charge in [-0.1, -0.05) is 6.07 Å². The fourth-order valence-electron chi connectivity index (χ4n) is 0.612. The number of hydrogen-bond acceptors (Lipinski definition) is 2. The molecule has 0 saturated carbocycles. The standard InChI is InChI=1S/C6H6BF3NS.K/c8-7(9,10)5-12-6-3-1-2-4-11-6;/h1-4H,5H2;/q-1;+1. The van der Waals surface area contributed by atoms with E-state index in [9.17, 15) is 12.9 Å². The Labute approximate surface area is 121 Å². The molecule has 1 heterocycles. The van der Waals surface area contributed by atoms with Gasteiger partial charge < -0.3 is 12.9 Å². The first kappa shape index (κ1) is 14.0. The maximum Gasteiger partial charge on any atom is 1.00 e. The summed E-state index contributed by atoms with van der Waals surface area (Å²) in [5.41, 5.74) is -0.822. The fourth-order valence-corrected chi connectivity index (χ4v) is 1.28. The number of thioether (sulfide) groups is 1. The van der Waals surface area contributed by atoms with Crippen LogP contribution in [0.2, 0.25) is 0 Å². The van der Waals surface area contributed by atoms with Crippen LogP contribution in [0.4, 0.5) is 12.9 Å². The van der Waals surface area contributed by atoms with Crippen molar-refractivity contribution in [2.24, 2.45) is 0 Å². The first-order valence-corrected chi connectivity index (χ1v) is 4.31. The van der Waals surface area contributed by atoms with Crippen molar-refractivity contribution in [3.63, 3.8) is 0 Å². The number of halogens is 3. The number of nitrogens with zero attached hydrogens (tertiary/aromatic N) is 1. The summed E-state index contributed by atoms with van der Waals surface area (Å²) in [5, 5.41) is 0.414. The molecule has 0 bridgehead atoms. The van der Waals surface area contributed by atoms with E-state index in [1.807, 2.05) is 0 Å². The quantitative estimate of drug-likeness (QED) is 0.517. The second-order valence-corrected chi connectivity index (χ2v) is 3.23. The largest absolute Gasteiger partial charge is 1.00 e. The van der Waals surface area contributed by atoms with E-state index in [2.05, 4.69) is 4.98 Å². The third-order valence-electron chi connectivity index (χ3n) is 1.06. The van der Waals surface area contributed by atoms with E-state index in [4.69, 9.17) is 0 Å². The van der Waals surface area contributed by atoms with Crippen LogP contribution >= 0.6 is 11.8 Å². The molecule has 0 aliphatic rings. The van der Waals surface area contributed by atoms with Crippen LogP contribution in [0.5, 0.6) is 0 Å². The number of aromatic nitrogens is 1. The van der Waals surface area contributed by atoms with E-state index >= 15 is 0 Å². The van der Waals surface area contributed by atoms with Gasteiger partial charge in [-0.15, -0.1) is 11.8 Å². The monoisotopic (exact) mass is 231 g/mol. The van der Waals surface area contributed by atoms with Crippen molar-refractivity contribution in [1.82, 2.24) is 4.98 Å². The van der Waals surface area contributed by atoms with Crippen molar-refractivity contribution in [3.8, 4) is 0 Å². The first-order chi connectivity index (χ1) is 5.58. The van der Waals surface area contributed by atoms with Gasteiger partial charge in [-0.05, 0) is 17.8 Å². The summed E-state index contributed by atoms with van der Waals surface area (Å²) in [7, 11) is 0. The molecule has 66 valence electrons. The first-order valence-electron chi connectivity index (χ1n) is 3.33. The van der Waals surface area contributed by atoms with Crippen LogP contribution in [-0.2, 0) is 0 Å². The average Bonchev–Trinajstić information content (AvgIpc) is 2.02. The predicted molar refractivity (Wildman–Crippen MR) is 44.0 cm³/mol. The summed E-state index contributed by atoms with van der Waals surface area (Å²) < 4.78 is 35.3. The molecule has 0 atom stereocenters. The maximum absolute atomic E-state index is 11.8. The Balaban J connectivity index is 0.00000144. The van der Waals surface area contributed by atoms with Gasteiger partial charge in [0.05, 0.1) is 5.03 Å². The zero-order valence-corrected chi connectivity index (χ0v) is 11.0. The molecule has 0 aliphatic carbocycles. The maximum atomic E-state index is 11.8. The molecule has 0 fully saturated rings. The molecular weight excluding hydrogens is 225 g/mol. The van der Waals surface area contributed by atoms with E-state index in [0.717, 1.165) is 11.8 Å². The van der Waals surface area contributed by atoms with Crippen molar-refractivity contribution in [3.05, 3.63) is 24.4 Å². The predicted octanol–water partition coefficient (Wildman–Crippen LogP) is -0.436. The van der Waals surface area contributed by atoms with Crippen molar-refractivity contribution in [2.75, 3.05) is 5.65 Å². The summed E-state index contributed by atoms with van der Waals surface area (Å²) in [6.07, 6.45) is 1.48. The molecule has 1 aromatic rings. The molecule has 0 saturated heterocycles. The molecule has 1 aromatic heterocycles. The van der Waals surface area contributed by atoms with E-state index in [1.165, 1.54) is 6.20 Å². The smallest absolute Gasteiger partial charge is 0.448 e. The molecule has 0 aromatic carbocycles. The van der Waals surface area contributed by atoms with Crippen LogP contribution in [0.15, 0.2) is 29.4 Å². The SMILES string of the molecule is F[B-](F)(F)CSc1ccccn1.[K+]. The molecule has 0 unspecified atom stereocenters. The van der Waals surface area contributed by atoms with Gasteiger partial charge in [-0.3, -0.25) is 4.98 Å². The van der Waals surface area contributed by atoms with Gasteiger partial charge in [0.1, 0.15) is 0 Å². The summed E-state index contributed by atoms with van der Waals surface area (Å²) in [5.74, 6) is 0. The number of hydrogen-bond donors (Lipinski definition) is 0. The Morgan fingerprint density at radius 2 is 2.00 bits per heavy atom. The van der Waals surface area contributed by atoms with Gasteiger partial charge in [-0.2, -0.15) is 0 Å². The Kier molecular flexibility index (Phi) is 6.96. The third-order valence-corrected chi connectivity index (χ3v) is 2.14. The molecule has 0 amide bonds. The number of rotatable bonds is 3. The average molecular weight is 231 g/mol. The normalized spacial score (nSPS) is 10.7. The van der Waals surface area contributed by atoms with E-state index in [1.54, 1.807) is 18.2 Å². The van der Waals surface area contributed by atoms with Crippen molar-refractivity contribution < 1.29 is 64.3 Å². The minimum atomic E-state index is -4.71. The minimum absolute atomic E-state index is 0. The molecule has 13 heavy (non-hydrogen) atoms. The topological polar surface area (TPSA) is 12.9 Å². The van der Waals surface area contributed by atoms with Gasteiger partial charge in [0.15, 0.2) is 0 Å². The third kappa shape index (κ3) is 6.98. The Bertz CT molecular complexity index is 243. The molecule has 7 heteroatoms. The Morgan fingerprint density at radius 1 is 1.31 bits per heavy atom. The molecule has 0 aliphatic heterocycles. The van der Waals surface area contributed by atoms with Crippen molar-refractivity contribution in [1.29, 1.82) is 0 Å². The van der Waals surface area contributed by atoms with E-state index in [-0.39, 0.29) is 51.4 Å². The molecule has 0 spiro atoms. The molecule has 1 rings (SSSR count). The summed E-state index contributed by atoms with van der Waals surface area (Å²) >= 11 is 0.719. The second kappa shape index (κ2) is 6.47. The van der Waals surface area contributed by atoms with Gasteiger partial charge in [0, 0.05) is 6.20 Å². The Morgan fingerprint density at radius 3 is 2.46 bits per heavy atom. The van der Waals surface area contributed by atoms with Crippen LogP contribution in [0.3, 0.4) is 0 Å². The minimum Gasteiger partial charge on any atom is -0.448 e. The Hall–Kier alpha value is 0.991. The fraction of sp³-hybridized carbons (Fsp3) is 0.167. The van der Waals surface area contributed by atoms with Crippen LogP contribution in [-0.4, -0.2) is 17.6 Å². The van der Waals surface area contributed by atoms with Crippen LogP contribution in [0.25, 0.3) is 0 Å². The van der Waals surface area contributed by atoms with E-state index < -0.39 is 12.6 Å². The van der Waals surface area contributed by atoms with Crippen LogP contribution in [0, 0.1) is 0 Å². The molecule has 1 nitrogen and oxygen atoms in total. The molecule has 0 N–H and O–H groups in total. The molecule has 0 radical (unpaired) electrons. The summed E-state index contributed by atoms with van der Waals surface area (Å²) in [6, 6.07) is 4.90. The zero-order chi connectivity index (χ0) is 9.03. The second-order valence-electron chi connectivity index (χ2n) is 2.19. The zero-order valence-electron chi connectivity index (χ0n) is 7.08. The van der Waals surface area contributed by atoms with Crippen molar-refractivity contribution >= 4 is 18.7 Å². The summed E-state index contributed by atoms with van der Waals surface area (Å²) in [4.78, 5) is 3.75. The van der Waals surface area contributed by atoms with Gasteiger partial charge >= 0.3 is 58.4 Å². The molecular formula is C6H6BF3KNS. The van der Waals surface area contributed by atoms with Crippen molar-refractivity contribution in [2.45, 2.75) is 5.03 Å². The van der Waals surface area contributed by atoms with Crippen LogP contribution < -0.4 is 51.4 Å². The van der Waals surface area contributed by atoms with Gasteiger partial charge in [0.25, 0.3) is 0 Å². The van der Waals surface area contributed by atoms with E-state index in [0.29, 0.717) is 5.03 Å². The number of pyridine rings is 1. The van der Waals surface area contributed by atoms with Gasteiger partial charge in [-0.25, -0.2) is 0 Å². The summed E-state index contributed by atoms with van der Waals surface area (Å²) in [6.45, 7) is -4.71.